The molecule has 0 aliphatic carbocycles. The number of rotatable bonds is 9. The Morgan fingerprint density at radius 3 is 2.50 bits per heavy atom. The number of aryl methyl sites for hydroxylation is 2. The Hall–Kier alpha value is -1.80. The van der Waals surface area contributed by atoms with Crippen LogP contribution in [0.25, 0.3) is 0 Å². The number of benzene rings is 1. The summed E-state index contributed by atoms with van der Waals surface area (Å²) < 4.78 is 0. The third kappa shape index (κ3) is 6.37. The zero-order chi connectivity index (χ0) is 18.1. The molecule has 0 bridgehead atoms. The molecule has 0 aliphatic heterocycles. The fraction of sp³-hybridized carbons (Fsp3) is 0.455. The number of phenols is 1. The number of allylic oxidation sites excluding steroid dienone is 3. The van der Waals surface area contributed by atoms with Gasteiger partial charge in [-0.3, -0.25) is 4.90 Å². The first kappa shape index (κ1) is 20.2. The standard InChI is InChI=1S/C22H33NO/c1-7-10-19(11-8-2)15-23(14-17(4)5)16-21-13-18(6)12-20(9-3)22(21)24/h7-8,10-13,17,24H,1,9,14-16H2,2-6H3/b11-8-,19-10+. The first-order chi connectivity index (χ1) is 11.4. The van der Waals surface area contributed by atoms with Gasteiger partial charge in [0.15, 0.2) is 0 Å². The van der Waals surface area contributed by atoms with Crippen LogP contribution in [-0.2, 0) is 13.0 Å². The van der Waals surface area contributed by atoms with Gasteiger partial charge in [-0.25, -0.2) is 0 Å². The fourth-order valence-electron chi connectivity index (χ4n) is 3.05. The van der Waals surface area contributed by atoms with Crippen molar-refractivity contribution >= 4 is 0 Å². The third-order valence-electron chi connectivity index (χ3n) is 3.93. The highest BCUT2D eigenvalue weighted by atomic mass is 16.3. The van der Waals surface area contributed by atoms with E-state index in [1.165, 1.54) is 11.1 Å². The zero-order valence-corrected chi connectivity index (χ0v) is 16.0. The van der Waals surface area contributed by atoms with E-state index < -0.39 is 0 Å². The molecule has 0 heterocycles. The molecule has 1 rings (SSSR count). The van der Waals surface area contributed by atoms with Crippen LogP contribution in [0, 0.1) is 12.8 Å². The summed E-state index contributed by atoms with van der Waals surface area (Å²) in [5.41, 5.74) is 4.49. The van der Waals surface area contributed by atoms with Crippen LogP contribution in [-0.4, -0.2) is 23.1 Å². The first-order valence-corrected chi connectivity index (χ1v) is 8.89. The maximum absolute atomic E-state index is 10.6. The summed E-state index contributed by atoms with van der Waals surface area (Å²) in [4.78, 5) is 2.40. The monoisotopic (exact) mass is 327 g/mol. The summed E-state index contributed by atoms with van der Waals surface area (Å²) in [5.74, 6) is 1.02. The molecule has 1 aromatic carbocycles. The van der Waals surface area contributed by atoms with E-state index in [0.29, 0.717) is 11.7 Å². The molecule has 0 unspecified atom stereocenters. The maximum atomic E-state index is 10.6. The van der Waals surface area contributed by atoms with Gasteiger partial charge in [-0.05, 0) is 37.3 Å². The molecule has 0 radical (unpaired) electrons. The molecule has 0 spiro atoms. The summed E-state index contributed by atoms with van der Waals surface area (Å²) in [6.07, 6.45) is 8.93. The van der Waals surface area contributed by atoms with E-state index in [1.807, 2.05) is 13.0 Å². The Balaban J connectivity index is 3.08. The van der Waals surface area contributed by atoms with Crippen LogP contribution in [0.5, 0.6) is 5.75 Å². The minimum Gasteiger partial charge on any atom is -0.507 e. The van der Waals surface area contributed by atoms with Crippen molar-refractivity contribution in [3.8, 4) is 5.75 Å². The molecule has 0 aromatic heterocycles. The molecular formula is C22H33NO. The van der Waals surface area contributed by atoms with E-state index in [4.69, 9.17) is 0 Å². The number of aromatic hydroxyl groups is 1. The molecule has 2 nitrogen and oxygen atoms in total. The van der Waals surface area contributed by atoms with E-state index in [1.54, 1.807) is 0 Å². The highest BCUT2D eigenvalue weighted by molar-refractivity contribution is 5.43. The van der Waals surface area contributed by atoms with E-state index in [0.717, 1.165) is 37.2 Å². The SMILES string of the molecule is C=C/C=C(\C=C/C)CN(Cc1cc(C)cc(CC)c1O)CC(C)C. The fourth-order valence-corrected chi connectivity index (χ4v) is 3.05. The second kappa shape index (κ2) is 10.1. The van der Waals surface area contributed by atoms with Crippen LogP contribution >= 0.6 is 0 Å². The topological polar surface area (TPSA) is 23.5 Å². The molecule has 0 aliphatic rings. The van der Waals surface area contributed by atoms with Crippen molar-refractivity contribution in [1.82, 2.24) is 4.90 Å². The second-order valence-corrected chi connectivity index (χ2v) is 6.83. The molecular weight excluding hydrogens is 294 g/mol. The van der Waals surface area contributed by atoms with Crippen molar-refractivity contribution in [1.29, 1.82) is 0 Å². The lowest BCUT2D eigenvalue weighted by atomic mass is 10.0. The Kier molecular flexibility index (Phi) is 8.56. The lowest BCUT2D eigenvalue weighted by Crippen LogP contribution is -2.29. The Labute approximate surface area is 148 Å². The van der Waals surface area contributed by atoms with Crippen LogP contribution in [0.2, 0.25) is 0 Å². The molecule has 1 N–H and O–H groups in total. The largest absolute Gasteiger partial charge is 0.507 e. The third-order valence-corrected chi connectivity index (χ3v) is 3.93. The first-order valence-electron chi connectivity index (χ1n) is 8.89. The summed E-state index contributed by atoms with van der Waals surface area (Å²) >= 11 is 0. The molecule has 132 valence electrons. The van der Waals surface area contributed by atoms with Crippen LogP contribution < -0.4 is 0 Å². The van der Waals surface area contributed by atoms with Gasteiger partial charge in [-0.1, -0.05) is 69.4 Å². The van der Waals surface area contributed by atoms with Crippen LogP contribution in [0.15, 0.2) is 48.6 Å². The van der Waals surface area contributed by atoms with Gasteiger partial charge in [-0.2, -0.15) is 0 Å². The lowest BCUT2D eigenvalue weighted by Gasteiger charge is -2.26. The molecule has 1 aromatic rings. The van der Waals surface area contributed by atoms with Crippen LogP contribution in [0.1, 0.15) is 44.4 Å². The zero-order valence-electron chi connectivity index (χ0n) is 16.0. The molecule has 0 saturated carbocycles. The van der Waals surface area contributed by atoms with Crippen molar-refractivity contribution in [2.24, 2.45) is 5.92 Å². The van der Waals surface area contributed by atoms with Gasteiger partial charge >= 0.3 is 0 Å². The minimum atomic E-state index is 0.456. The Bertz CT molecular complexity index is 596. The summed E-state index contributed by atoms with van der Waals surface area (Å²) in [6.45, 7) is 17.1. The summed E-state index contributed by atoms with van der Waals surface area (Å²) in [5, 5.41) is 10.6. The average Bonchev–Trinajstić information content (AvgIpc) is 2.50. The minimum absolute atomic E-state index is 0.456. The van der Waals surface area contributed by atoms with Gasteiger partial charge in [0.25, 0.3) is 0 Å². The number of nitrogens with zero attached hydrogens (tertiary/aromatic N) is 1. The van der Waals surface area contributed by atoms with Crippen molar-refractivity contribution in [2.45, 2.75) is 47.6 Å². The van der Waals surface area contributed by atoms with E-state index in [2.05, 4.69) is 69.5 Å². The predicted octanol–water partition coefficient (Wildman–Crippen LogP) is 5.41. The number of hydrogen-bond donors (Lipinski definition) is 1. The van der Waals surface area contributed by atoms with Gasteiger partial charge in [0.2, 0.25) is 0 Å². The van der Waals surface area contributed by atoms with Crippen molar-refractivity contribution in [3.63, 3.8) is 0 Å². The summed E-state index contributed by atoms with van der Waals surface area (Å²) in [7, 11) is 0. The van der Waals surface area contributed by atoms with Crippen molar-refractivity contribution in [3.05, 3.63) is 65.3 Å². The smallest absolute Gasteiger partial charge is 0.123 e. The van der Waals surface area contributed by atoms with Crippen LogP contribution in [0.4, 0.5) is 0 Å². The molecule has 2 heteroatoms. The average molecular weight is 328 g/mol. The molecule has 24 heavy (non-hydrogen) atoms. The highest BCUT2D eigenvalue weighted by Gasteiger charge is 2.14. The van der Waals surface area contributed by atoms with Crippen molar-refractivity contribution < 1.29 is 5.11 Å². The summed E-state index contributed by atoms with van der Waals surface area (Å²) in [6, 6.07) is 4.18. The molecule has 0 saturated heterocycles. The Morgan fingerprint density at radius 1 is 1.29 bits per heavy atom. The molecule has 0 amide bonds. The van der Waals surface area contributed by atoms with Gasteiger partial charge in [0.05, 0.1) is 0 Å². The maximum Gasteiger partial charge on any atom is 0.123 e. The van der Waals surface area contributed by atoms with E-state index in [9.17, 15) is 5.11 Å². The van der Waals surface area contributed by atoms with Gasteiger partial charge in [0.1, 0.15) is 5.75 Å². The lowest BCUT2D eigenvalue weighted by molar-refractivity contribution is 0.253. The van der Waals surface area contributed by atoms with Gasteiger partial charge in [-0.15, -0.1) is 0 Å². The quantitative estimate of drug-likeness (QED) is 0.613. The van der Waals surface area contributed by atoms with E-state index in [-0.39, 0.29) is 0 Å². The molecule has 0 fully saturated rings. The second-order valence-electron chi connectivity index (χ2n) is 6.83. The molecule has 0 atom stereocenters. The normalized spacial score (nSPS) is 12.5. The van der Waals surface area contributed by atoms with E-state index >= 15 is 0 Å². The van der Waals surface area contributed by atoms with Gasteiger partial charge in [0, 0.05) is 25.2 Å². The Morgan fingerprint density at radius 2 is 1.96 bits per heavy atom. The van der Waals surface area contributed by atoms with Crippen LogP contribution in [0.3, 0.4) is 0 Å². The van der Waals surface area contributed by atoms with Crippen molar-refractivity contribution in [2.75, 3.05) is 13.1 Å². The number of phenolic OH excluding ortho intramolecular Hbond substituents is 1. The highest BCUT2D eigenvalue weighted by Crippen LogP contribution is 2.27. The number of hydrogen-bond acceptors (Lipinski definition) is 2. The van der Waals surface area contributed by atoms with Gasteiger partial charge < -0.3 is 5.11 Å². The predicted molar refractivity (Wildman–Crippen MR) is 105 cm³/mol.